The molecule has 0 aliphatic carbocycles. The molecule has 122 valence electrons. The van der Waals surface area contributed by atoms with E-state index in [1.165, 1.54) is 0 Å². The van der Waals surface area contributed by atoms with E-state index in [2.05, 4.69) is 15.5 Å². The molecule has 0 fully saturated rings. The summed E-state index contributed by atoms with van der Waals surface area (Å²) in [6, 6.07) is 19.6. The third-order valence-corrected chi connectivity index (χ3v) is 3.82. The maximum absolute atomic E-state index is 12.2. The summed E-state index contributed by atoms with van der Waals surface area (Å²) >= 11 is 0. The molecule has 0 saturated carbocycles. The van der Waals surface area contributed by atoms with Crippen LogP contribution in [0.1, 0.15) is 35.7 Å². The van der Waals surface area contributed by atoms with Crippen LogP contribution in [-0.2, 0) is 17.8 Å². The smallest absolute Gasteiger partial charge is 0.231 e. The number of nitrogens with zero attached hydrogens (tertiary/aromatic N) is 2. The van der Waals surface area contributed by atoms with Gasteiger partial charge in [-0.15, -0.1) is 0 Å². The number of hydrogen-bond donors (Lipinski definition) is 1. The van der Waals surface area contributed by atoms with Crippen molar-refractivity contribution in [3.63, 3.8) is 0 Å². The molecule has 0 aliphatic heterocycles. The fourth-order valence-electron chi connectivity index (χ4n) is 2.42. The van der Waals surface area contributed by atoms with Gasteiger partial charge in [-0.25, -0.2) is 0 Å². The molecule has 0 aliphatic rings. The number of rotatable bonds is 6. The SMILES string of the molecule is CC(C(=O)NCc1noc(Cc2ccccc2)n1)c1ccccc1. The summed E-state index contributed by atoms with van der Waals surface area (Å²) in [4.78, 5) is 16.5. The zero-order valence-electron chi connectivity index (χ0n) is 13.5. The molecule has 5 heteroatoms. The molecule has 1 N–H and O–H groups in total. The van der Waals surface area contributed by atoms with Crippen molar-refractivity contribution in [2.75, 3.05) is 0 Å². The second-order valence-electron chi connectivity index (χ2n) is 5.62. The highest BCUT2D eigenvalue weighted by Gasteiger charge is 2.15. The van der Waals surface area contributed by atoms with Gasteiger partial charge in [0.1, 0.15) is 0 Å². The predicted octanol–water partition coefficient (Wildman–Crippen LogP) is 3.08. The van der Waals surface area contributed by atoms with E-state index in [9.17, 15) is 4.79 Å². The molecule has 0 radical (unpaired) electrons. The molecule has 1 unspecified atom stereocenters. The first-order chi connectivity index (χ1) is 11.7. The fraction of sp³-hybridized carbons (Fsp3) is 0.211. The number of hydrogen-bond acceptors (Lipinski definition) is 4. The lowest BCUT2D eigenvalue weighted by molar-refractivity contribution is -0.122. The summed E-state index contributed by atoms with van der Waals surface area (Å²) in [6.45, 7) is 2.13. The van der Waals surface area contributed by atoms with Crippen LogP contribution in [0.3, 0.4) is 0 Å². The highest BCUT2D eigenvalue weighted by molar-refractivity contribution is 5.83. The van der Waals surface area contributed by atoms with Gasteiger partial charge in [-0.1, -0.05) is 65.8 Å². The van der Waals surface area contributed by atoms with Gasteiger partial charge < -0.3 is 9.84 Å². The van der Waals surface area contributed by atoms with Crippen molar-refractivity contribution in [3.8, 4) is 0 Å². The minimum absolute atomic E-state index is 0.0596. The first-order valence-corrected chi connectivity index (χ1v) is 7.90. The van der Waals surface area contributed by atoms with E-state index in [1.807, 2.05) is 67.6 Å². The van der Waals surface area contributed by atoms with Crippen LogP contribution in [0.2, 0.25) is 0 Å². The maximum Gasteiger partial charge on any atom is 0.231 e. The van der Waals surface area contributed by atoms with Crippen LogP contribution in [0.4, 0.5) is 0 Å². The van der Waals surface area contributed by atoms with Gasteiger partial charge in [-0.3, -0.25) is 4.79 Å². The van der Waals surface area contributed by atoms with E-state index in [-0.39, 0.29) is 18.4 Å². The Morgan fingerprint density at radius 3 is 2.46 bits per heavy atom. The standard InChI is InChI=1S/C19H19N3O2/c1-14(16-10-6-3-7-11-16)19(23)20-13-17-21-18(24-22-17)12-15-8-4-2-5-9-15/h2-11,14H,12-13H2,1H3,(H,20,23). The average molecular weight is 321 g/mol. The van der Waals surface area contributed by atoms with E-state index in [4.69, 9.17) is 4.52 Å². The molecule has 0 saturated heterocycles. The Hall–Kier alpha value is -2.95. The second-order valence-corrected chi connectivity index (χ2v) is 5.62. The number of benzene rings is 2. The number of aromatic nitrogens is 2. The molecule has 2 aromatic carbocycles. The normalized spacial score (nSPS) is 11.9. The summed E-state index contributed by atoms with van der Waals surface area (Å²) < 4.78 is 5.23. The van der Waals surface area contributed by atoms with Gasteiger partial charge in [0, 0.05) is 0 Å². The number of carbonyl (C=O) groups is 1. The van der Waals surface area contributed by atoms with Crippen molar-refractivity contribution in [3.05, 3.63) is 83.5 Å². The Morgan fingerprint density at radius 2 is 1.75 bits per heavy atom. The zero-order chi connectivity index (χ0) is 16.8. The van der Waals surface area contributed by atoms with Gasteiger partial charge in [-0.2, -0.15) is 4.98 Å². The summed E-state index contributed by atoms with van der Waals surface area (Å²) in [5.41, 5.74) is 2.09. The van der Waals surface area contributed by atoms with Crippen molar-refractivity contribution in [1.29, 1.82) is 0 Å². The number of amides is 1. The number of nitrogens with one attached hydrogen (secondary N) is 1. The Bertz CT molecular complexity index is 785. The molecule has 24 heavy (non-hydrogen) atoms. The average Bonchev–Trinajstić information content (AvgIpc) is 3.08. The fourth-order valence-corrected chi connectivity index (χ4v) is 2.42. The lowest BCUT2D eigenvalue weighted by Crippen LogP contribution is -2.27. The van der Waals surface area contributed by atoms with E-state index < -0.39 is 0 Å². The van der Waals surface area contributed by atoms with Crippen molar-refractivity contribution in [1.82, 2.24) is 15.5 Å². The van der Waals surface area contributed by atoms with Crippen LogP contribution in [0.5, 0.6) is 0 Å². The largest absolute Gasteiger partial charge is 0.348 e. The Balaban J connectivity index is 1.54. The molecule has 1 aromatic heterocycles. The van der Waals surface area contributed by atoms with Crippen molar-refractivity contribution >= 4 is 5.91 Å². The van der Waals surface area contributed by atoms with Crippen LogP contribution in [0, 0.1) is 0 Å². The Morgan fingerprint density at radius 1 is 1.08 bits per heavy atom. The highest BCUT2D eigenvalue weighted by atomic mass is 16.5. The third-order valence-electron chi connectivity index (χ3n) is 3.82. The Kier molecular flexibility index (Phi) is 5.01. The highest BCUT2D eigenvalue weighted by Crippen LogP contribution is 2.14. The molecule has 0 bridgehead atoms. The van der Waals surface area contributed by atoms with Crippen LogP contribution in [0.25, 0.3) is 0 Å². The van der Waals surface area contributed by atoms with Gasteiger partial charge in [0.25, 0.3) is 0 Å². The monoisotopic (exact) mass is 321 g/mol. The van der Waals surface area contributed by atoms with Crippen molar-refractivity contribution < 1.29 is 9.32 Å². The van der Waals surface area contributed by atoms with E-state index in [0.29, 0.717) is 18.1 Å². The summed E-state index contributed by atoms with van der Waals surface area (Å²) in [7, 11) is 0. The molecule has 1 atom stereocenters. The lowest BCUT2D eigenvalue weighted by Gasteiger charge is -2.11. The molecule has 3 aromatic rings. The first kappa shape index (κ1) is 15.9. The first-order valence-electron chi connectivity index (χ1n) is 7.90. The molecule has 0 spiro atoms. The minimum atomic E-state index is -0.220. The lowest BCUT2D eigenvalue weighted by atomic mass is 10.0. The van der Waals surface area contributed by atoms with Crippen molar-refractivity contribution in [2.24, 2.45) is 0 Å². The predicted molar refractivity (Wildman–Crippen MR) is 90.2 cm³/mol. The molecule has 1 amide bonds. The second kappa shape index (κ2) is 7.55. The molecular weight excluding hydrogens is 302 g/mol. The van der Waals surface area contributed by atoms with Gasteiger partial charge in [0.15, 0.2) is 5.82 Å². The van der Waals surface area contributed by atoms with Crippen LogP contribution < -0.4 is 5.32 Å². The van der Waals surface area contributed by atoms with Gasteiger partial charge in [0.05, 0.1) is 18.9 Å². The molecule has 1 heterocycles. The van der Waals surface area contributed by atoms with E-state index >= 15 is 0 Å². The molecule has 3 rings (SSSR count). The quantitative estimate of drug-likeness (QED) is 0.757. The Labute approximate surface area is 140 Å². The van der Waals surface area contributed by atoms with Gasteiger partial charge in [-0.05, 0) is 18.1 Å². The summed E-state index contributed by atoms with van der Waals surface area (Å²) in [5.74, 6) is 0.744. The third kappa shape index (κ3) is 4.07. The van der Waals surface area contributed by atoms with Gasteiger partial charge in [0.2, 0.25) is 11.8 Å². The van der Waals surface area contributed by atoms with E-state index in [1.54, 1.807) is 0 Å². The van der Waals surface area contributed by atoms with Crippen molar-refractivity contribution in [2.45, 2.75) is 25.8 Å². The topological polar surface area (TPSA) is 68.0 Å². The van der Waals surface area contributed by atoms with Crippen LogP contribution >= 0.6 is 0 Å². The van der Waals surface area contributed by atoms with E-state index in [0.717, 1.165) is 11.1 Å². The number of carbonyl (C=O) groups excluding carboxylic acids is 1. The summed E-state index contributed by atoms with van der Waals surface area (Å²) in [6.07, 6.45) is 0.586. The van der Waals surface area contributed by atoms with Crippen LogP contribution in [0.15, 0.2) is 65.2 Å². The molecule has 5 nitrogen and oxygen atoms in total. The summed E-state index contributed by atoms with van der Waals surface area (Å²) in [5, 5.41) is 6.77. The van der Waals surface area contributed by atoms with Gasteiger partial charge >= 0.3 is 0 Å². The molecular formula is C19H19N3O2. The zero-order valence-corrected chi connectivity index (χ0v) is 13.5. The maximum atomic E-state index is 12.2. The van der Waals surface area contributed by atoms with Crippen LogP contribution in [-0.4, -0.2) is 16.0 Å². The minimum Gasteiger partial charge on any atom is -0.348 e.